The normalized spacial score (nSPS) is 12.6. The van der Waals surface area contributed by atoms with Gasteiger partial charge in [0.1, 0.15) is 5.92 Å². The zero-order valence-electron chi connectivity index (χ0n) is 11.6. The van der Waals surface area contributed by atoms with E-state index in [1.807, 2.05) is 6.92 Å². The van der Waals surface area contributed by atoms with E-state index < -0.39 is 12.1 Å². The molecule has 3 heteroatoms. The molecule has 108 valence electrons. The molecule has 2 rings (SSSR count). The van der Waals surface area contributed by atoms with Crippen LogP contribution in [-0.2, 0) is 0 Å². The second kappa shape index (κ2) is 6.02. The fraction of sp³-hybridized carbons (Fsp3) is 0.167. The van der Waals surface area contributed by atoms with Gasteiger partial charge in [-0.15, -0.1) is 5.73 Å². The summed E-state index contributed by atoms with van der Waals surface area (Å²) in [4.78, 5) is 0. The first-order valence-electron chi connectivity index (χ1n) is 6.51. The van der Waals surface area contributed by atoms with Crippen LogP contribution in [0.3, 0.4) is 0 Å². The molecule has 2 aromatic rings. The van der Waals surface area contributed by atoms with E-state index in [1.165, 1.54) is 24.3 Å². The van der Waals surface area contributed by atoms with Gasteiger partial charge in [0.05, 0.1) is 0 Å². The molecule has 0 heterocycles. The van der Waals surface area contributed by atoms with Gasteiger partial charge in [-0.25, -0.2) is 0 Å². The SMILES string of the molecule is C=C=Cc1cccc(C(c2ccc(C)cc2)C(F)(F)F)c1. The van der Waals surface area contributed by atoms with Gasteiger partial charge in [-0.05, 0) is 29.7 Å². The van der Waals surface area contributed by atoms with E-state index >= 15 is 0 Å². The van der Waals surface area contributed by atoms with Crippen LogP contribution in [0.15, 0.2) is 60.8 Å². The third-order valence-electron chi connectivity index (χ3n) is 3.25. The molecule has 2 aromatic carbocycles. The van der Waals surface area contributed by atoms with E-state index in [1.54, 1.807) is 30.3 Å². The van der Waals surface area contributed by atoms with Gasteiger partial charge < -0.3 is 0 Å². The van der Waals surface area contributed by atoms with Crippen LogP contribution in [0.2, 0.25) is 0 Å². The molecule has 0 amide bonds. The average molecular weight is 288 g/mol. The number of rotatable bonds is 3. The third kappa shape index (κ3) is 3.65. The van der Waals surface area contributed by atoms with Crippen molar-refractivity contribution in [3.05, 3.63) is 83.1 Å². The minimum absolute atomic E-state index is 0.218. The molecule has 1 unspecified atom stereocenters. The Bertz CT molecular complexity index is 660. The number of aryl methyl sites for hydroxylation is 1. The molecule has 21 heavy (non-hydrogen) atoms. The predicted molar refractivity (Wildman–Crippen MR) is 79.1 cm³/mol. The molecule has 0 saturated heterocycles. The van der Waals surface area contributed by atoms with Crippen LogP contribution in [-0.4, -0.2) is 6.18 Å². The summed E-state index contributed by atoms with van der Waals surface area (Å²) in [5.41, 5.74) is 4.63. The van der Waals surface area contributed by atoms with Gasteiger partial charge in [0.2, 0.25) is 0 Å². The number of hydrogen-bond donors (Lipinski definition) is 0. The Balaban J connectivity index is 2.53. The monoisotopic (exact) mass is 288 g/mol. The van der Waals surface area contributed by atoms with Crippen LogP contribution < -0.4 is 0 Å². The van der Waals surface area contributed by atoms with Crippen LogP contribution in [0.1, 0.15) is 28.2 Å². The first kappa shape index (κ1) is 15.1. The maximum atomic E-state index is 13.5. The van der Waals surface area contributed by atoms with Crippen molar-refractivity contribution < 1.29 is 13.2 Å². The Kier molecular flexibility index (Phi) is 4.35. The lowest BCUT2D eigenvalue weighted by molar-refractivity contribution is -0.141. The van der Waals surface area contributed by atoms with E-state index in [9.17, 15) is 13.2 Å². The highest BCUT2D eigenvalue weighted by Crippen LogP contribution is 2.40. The number of benzene rings is 2. The molecular weight excluding hydrogens is 273 g/mol. The highest BCUT2D eigenvalue weighted by molar-refractivity contribution is 5.51. The van der Waals surface area contributed by atoms with E-state index in [0.717, 1.165) is 5.56 Å². The first-order valence-corrected chi connectivity index (χ1v) is 6.51. The summed E-state index contributed by atoms with van der Waals surface area (Å²) in [5, 5.41) is 0. The van der Waals surface area contributed by atoms with E-state index in [-0.39, 0.29) is 11.1 Å². The minimum atomic E-state index is -4.34. The van der Waals surface area contributed by atoms with Gasteiger partial charge in [0.15, 0.2) is 0 Å². The molecule has 0 N–H and O–H groups in total. The third-order valence-corrected chi connectivity index (χ3v) is 3.25. The second-order valence-electron chi connectivity index (χ2n) is 4.90. The van der Waals surface area contributed by atoms with Crippen molar-refractivity contribution in [1.82, 2.24) is 0 Å². The zero-order chi connectivity index (χ0) is 15.5. The van der Waals surface area contributed by atoms with Gasteiger partial charge in [-0.3, -0.25) is 0 Å². The lowest BCUT2D eigenvalue weighted by atomic mass is 9.89. The Morgan fingerprint density at radius 3 is 2.29 bits per heavy atom. The van der Waals surface area contributed by atoms with Crippen molar-refractivity contribution in [2.75, 3.05) is 0 Å². The molecule has 0 radical (unpaired) electrons. The quantitative estimate of drug-likeness (QED) is 0.655. The van der Waals surface area contributed by atoms with E-state index in [4.69, 9.17) is 0 Å². The molecular formula is C18H15F3. The summed E-state index contributed by atoms with van der Waals surface area (Å²) in [6.45, 7) is 5.29. The summed E-state index contributed by atoms with van der Waals surface area (Å²) < 4.78 is 40.4. The van der Waals surface area contributed by atoms with Crippen molar-refractivity contribution in [3.63, 3.8) is 0 Å². The van der Waals surface area contributed by atoms with Crippen molar-refractivity contribution >= 4 is 6.08 Å². The van der Waals surface area contributed by atoms with Crippen LogP contribution >= 0.6 is 0 Å². The van der Waals surface area contributed by atoms with Gasteiger partial charge in [-0.2, -0.15) is 13.2 Å². The molecule has 0 aliphatic heterocycles. The highest BCUT2D eigenvalue weighted by atomic mass is 19.4. The maximum Gasteiger partial charge on any atom is 0.399 e. The van der Waals surface area contributed by atoms with Crippen molar-refractivity contribution in [1.29, 1.82) is 0 Å². The zero-order valence-corrected chi connectivity index (χ0v) is 11.6. The summed E-state index contributed by atoms with van der Waals surface area (Å²) in [7, 11) is 0. The van der Waals surface area contributed by atoms with Crippen molar-refractivity contribution in [2.45, 2.75) is 19.0 Å². The molecule has 0 nitrogen and oxygen atoms in total. The van der Waals surface area contributed by atoms with E-state index in [0.29, 0.717) is 5.56 Å². The molecule has 0 aliphatic rings. The Hall–Kier alpha value is -2.25. The number of halogens is 3. The number of hydrogen-bond acceptors (Lipinski definition) is 0. The Labute approximate surface area is 122 Å². The van der Waals surface area contributed by atoms with Gasteiger partial charge in [-0.1, -0.05) is 60.7 Å². The fourth-order valence-electron chi connectivity index (χ4n) is 2.28. The molecule has 1 atom stereocenters. The van der Waals surface area contributed by atoms with Gasteiger partial charge in [0.25, 0.3) is 0 Å². The lowest BCUT2D eigenvalue weighted by Crippen LogP contribution is -2.22. The predicted octanol–water partition coefficient (Wildman–Crippen LogP) is 5.49. The molecule has 0 aromatic heterocycles. The standard InChI is InChI=1S/C18H15F3/c1-3-5-14-6-4-7-16(12-14)17(18(19,20)21)15-10-8-13(2)9-11-15/h4-12,17H,1H2,2H3. The van der Waals surface area contributed by atoms with Crippen LogP contribution in [0.5, 0.6) is 0 Å². The summed E-state index contributed by atoms with van der Waals surface area (Å²) in [6.07, 6.45) is -2.78. The number of alkyl halides is 3. The van der Waals surface area contributed by atoms with Crippen molar-refractivity contribution in [2.24, 2.45) is 0 Å². The van der Waals surface area contributed by atoms with Crippen LogP contribution in [0.4, 0.5) is 13.2 Å². The summed E-state index contributed by atoms with van der Waals surface area (Å²) in [5.74, 6) is -1.63. The minimum Gasteiger partial charge on any atom is -0.170 e. The molecule has 0 bridgehead atoms. The van der Waals surface area contributed by atoms with Crippen LogP contribution in [0, 0.1) is 6.92 Å². The average Bonchev–Trinajstić information content (AvgIpc) is 2.41. The largest absolute Gasteiger partial charge is 0.399 e. The van der Waals surface area contributed by atoms with Crippen LogP contribution in [0.25, 0.3) is 6.08 Å². The van der Waals surface area contributed by atoms with Crippen molar-refractivity contribution in [3.8, 4) is 0 Å². The van der Waals surface area contributed by atoms with Gasteiger partial charge in [0, 0.05) is 0 Å². The molecule has 0 spiro atoms. The fourth-order valence-corrected chi connectivity index (χ4v) is 2.28. The summed E-state index contributed by atoms with van der Waals surface area (Å²) in [6, 6.07) is 12.8. The topological polar surface area (TPSA) is 0 Å². The molecule has 0 saturated carbocycles. The summed E-state index contributed by atoms with van der Waals surface area (Å²) >= 11 is 0. The molecule has 0 fully saturated rings. The Morgan fingerprint density at radius 1 is 1.05 bits per heavy atom. The highest BCUT2D eigenvalue weighted by Gasteiger charge is 2.41. The molecule has 0 aliphatic carbocycles. The first-order chi connectivity index (χ1) is 9.91. The smallest absolute Gasteiger partial charge is 0.170 e. The van der Waals surface area contributed by atoms with Gasteiger partial charge >= 0.3 is 6.18 Å². The lowest BCUT2D eigenvalue weighted by Gasteiger charge is -2.21. The second-order valence-corrected chi connectivity index (χ2v) is 4.90. The maximum absolute atomic E-state index is 13.5. The Morgan fingerprint density at radius 2 is 1.71 bits per heavy atom. The van der Waals surface area contributed by atoms with E-state index in [2.05, 4.69) is 12.3 Å².